The van der Waals surface area contributed by atoms with Gasteiger partial charge in [0.25, 0.3) is 5.91 Å². The number of ether oxygens (including phenoxy) is 1. The summed E-state index contributed by atoms with van der Waals surface area (Å²) >= 11 is 0. The average Bonchev–Trinajstić information content (AvgIpc) is 3.21. The highest BCUT2D eigenvalue weighted by Crippen LogP contribution is 2.23. The maximum atomic E-state index is 13.8. The summed E-state index contributed by atoms with van der Waals surface area (Å²) in [6, 6.07) is 3.31. The van der Waals surface area contributed by atoms with Gasteiger partial charge in [-0.05, 0) is 31.4 Å². The Morgan fingerprint density at radius 2 is 2.03 bits per heavy atom. The summed E-state index contributed by atoms with van der Waals surface area (Å²) in [4.78, 5) is 34.2. The van der Waals surface area contributed by atoms with Gasteiger partial charge in [-0.3, -0.25) is 9.69 Å². The van der Waals surface area contributed by atoms with E-state index in [1.165, 1.54) is 18.3 Å². The first-order valence-electron chi connectivity index (χ1n) is 10.2. The lowest BCUT2D eigenvalue weighted by molar-refractivity contribution is 0.0187. The number of rotatable bonds is 6. The molecule has 2 aliphatic heterocycles. The van der Waals surface area contributed by atoms with Gasteiger partial charge in [0, 0.05) is 71.8 Å². The number of carbonyl (C=O) groups is 2. The van der Waals surface area contributed by atoms with E-state index in [0.717, 1.165) is 39.0 Å². The van der Waals surface area contributed by atoms with E-state index < -0.39 is 11.7 Å². The summed E-state index contributed by atoms with van der Waals surface area (Å²) in [7, 11) is 3.52. The molecule has 0 bridgehead atoms. The molecule has 9 heteroatoms. The van der Waals surface area contributed by atoms with Gasteiger partial charge in [-0.15, -0.1) is 0 Å². The number of likely N-dealkylation sites (tertiary alicyclic amines) is 1. The molecule has 3 rings (SSSR count). The van der Waals surface area contributed by atoms with Gasteiger partial charge in [-0.2, -0.15) is 0 Å². The fourth-order valence-electron chi connectivity index (χ4n) is 4.08. The Morgan fingerprint density at radius 3 is 2.72 bits per heavy atom. The van der Waals surface area contributed by atoms with Crippen LogP contribution in [0.5, 0.6) is 0 Å². The van der Waals surface area contributed by atoms with Crippen molar-refractivity contribution < 1.29 is 18.7 Å². The molecule has 0 aromatic carbocycles. The second kappa shape index (κ2) is 9.98. The van der Waals surface area contributed by atoms with E-state index in [-0.39, 0.29) is 17.8 Å². The monoisotopic (exact) mass is 407 g/mol. The summed E-state index contributed by atoms with van der Waals surface area (Å²) in [5.41, 5.74) is -0.186. The second-order valence-corrected chi connectivity index (χ2v) is 7.74. The lowest BCUT2D eigenvalue weighted by atomic mass is 10.0. The summed E-state index contributed by atoms with van der Waals surface area (Å²) in [5.74, 6) is -1.13. The van der Waals surface area contributed by atoms with Crippen LogP contribution in [0.15, 0.2) is 18.3 Å². The van der Waals surface area contributed by atoms with Gasteiger partial charge in [0.1, 0.15) is 0 Å². The van der Waals surface area contributed by atoms with Gasteiger partial charge in [0.2, 0.25) is 0 Å². The zero-order valence-electron chi connectivity index (χ0n) is 17.1. The topological polar surface area (TPSA) is 78.0 Å². The third-order valence-corrected chi connectivity index (χ3v) is 5.57. The molecule has 160 valence electrons. The zero-order chi connectivity index (χ0) is 20.8. The second-order valence-electron chi connectivity index (χ2n) is 7.74. The Hall–Kier alpha value is -2.26. The molecule has 1 atom stereocenters. The lowest BCUT2D eigenvalue weighted by Gasteiger charge is -2.38. The van der Waals surface area contributed by atoms with Crippen molar-refractivity contribution in [1.82, 2.24) is 25.0 Å². The molecule has 2 fully saturated rings. The van der Waals surface area contributed by atoms with Gasteiger partial charge in [-0.25, -0.2) is 14.2 Å². The highest BCUT2D eigenvalue weighted by molar-refractivity contribution is 5.92. The fraction of sp³-hybridized carbons (Fsp3) is 0.650. The van der Waals surface area contributed by atoms with Gasteiger partial charge in [-0.1, -0.05) is 0 Å². The van der Waals surface area contributed by atoms with Crippen LogP contribution >= 0.6 is 0 Å². The fourth-order valence-corrected chi connectivity index (χ4v) is 4.08. The lowest BCUT2D eigenvalue weighted by Crippen LogP contribution is -2.50. The molecule has 1 N–H and O–H groups in total. The Labute approximate surface area is 171 Å². The summed E-state index contributed by atoms with van der Waals surface area (Å²) in [6.45, 7) is 3.88. The summed E-state index contributed by atoms with van der Waals surface area (Å²) < 4.78 is 19.3. The molecule has 2 saturated heterocycles. The molecule has 0 spiro atoms. The molecule has 2 aliphatic rings. The molecule has 1 aromatic heterocycles. The van der Waals surface area contributed by atoms with Crippen LogP contribution in [0.2, 0.25) is 0 Å². The number of urea groups is 1. The number of nitrogens with zero attached hydrogens (tertiary/aromatic N) is 4. The normalized spacial score (nSPS) is 20.1. The maximum Gasteiger partial charge on any atom is 0.319 e. The number of halogens is 1. The zero-order valence-corrected chi connectivity index (χ0v) is 17.1. The number of hydrogen-bond acceptors (Lipinski definition) is 5. The maximum absolute atomic E-state index is 13.8. The van der Waals surface area contributed by atoms with Crippen molar-refractivity contribution in [2.75, 3.05) is 53.5 Å². The van der Waals surface area contributed by atoms with Crippen LogP contribution in [-0.2, 0) is 4.74 Å². The molecular weight excluding hydrogens is 377 g/mol. The number of hydrogen-bond donors (Lipinski definition) is 1. The summed E-state index contributed by atoms with van der Waals surface area (Å²) in [6.07, 6.45) is 4.17. The molecule has 29 heavy (non-hydrogen) atoms. The predicted molar refractivity (Wildman–Crippen MR) is 106 cm³/mol. The molecule has 1 aromatic rings. The van der Waals surface area contributed by atoms with Gasteiger partial charge >= 0.3 is 6.03 Å². The van der Waals surface area contributed by atoms with E-state index in [1.54, 1.807) is 19.0 Å². The third kappa shape index (κ3) is 5.42. The smallest absolute Gasteiger partial charge is 0.319 e. The predicted octanol–water partition coefficient (Wildman–Crippen LogP) is 1.19. The number of aromatic nitrogens is 1. The molecule has 1 unspecified atom stereocenters. The molecule has 0 saturated carbocycles. The van der Waals surface area contributed by atoms with E-state index in [9.17, 15) is 14.0 Å². The number of nitrogens with one attached hydrogen (secondary N) is 1. The quantitative estimate of drug-likeness (QED) is 0.767. The minimum absolute atomic E-state index is 0.0263. The standard InChI is InChI=1S/C20H30FN5O3/c1-24(2)20(28)25-10-5-16(14-25)26(15-6-12-29-13-7-15)11-9-23-19(27)18-17(21)4-3-8-22-18/h3-4,8,15-16H,5-7,9-14H2,1-2H3,(H,23,27). The number of amides is 3. The van der Waals surface area contributed by atoms with Gasteiger partial charge < -0.3 is 19.9 Å². The van der Waals surface area contributed by atoms with Gasteiger partial charge in [0.15, 0.2) is 11.5 Å². The molecular formula is C20H30FN5O3. The van der Waals surface area contributed by atoms with Crippen LogP contribution in [-0.4, -0.2) is 97.2 Å². The van der Waals surface area contributed by atoms with Crippen molar-refractivity contribution >= 4 is 11.9 Å². The number of pyridine rings is 1. The van der Waals surface area contributed by atoms with Crippen LogP contribution in [0.4, 0.5) is 9.18 Å². The van der Waals surface area contributed by atoms with E-state index in [0.29, 0.717) is 25.7 Å². The van der Waals surface area contributed by atoms with Crippen molar-refractivity contribution in [1.29, 1.82) is 0 Å². The highest BCUT2D eigenvalue weighted by atomic mass is 19.1. The van der Waals surface area contributed by atoms with E-state index >= 15 is 0 Å². The Balaban J connectivity index is 1.60. The minimum Gasteiger partial charge on any atom is -0.381 e. The first-order valence-corrected chi connectivity index (χ1v) is 10.2. The van der Waals surface area contributed by atoms with Crippen LogP contribution < -0.4 is 5.32 Å². The molecule has 0 radical (unpaired) electrons. The first-order chi connectivity index (χ1) is 14.0. The largest absolute Gasteiger partial charge is 0.381 e. The van der Waals surface area contributed by atoms with Crippen molar-refractivity contribution in [2.45, 2.75) is 31.3 Å². The summed E-state index contributed by atoms with van der Waals surface area (Å²) in [5, 5.41) is 2.78. The van der Waals surface area contributed by atoms with Crippen molar-refractivity contribution in [2.24, 2.45) is 0 Å². The van der Waals surface area contributed by atoms with Crippen LogP contribution in [0.1, 0.15) is 29.8 Å². The van der Waals surface area contributed by atoms with Gasteiger partial charge in [0.05, 0.1) is 0 Å². The molecule has 3 heterocycles. The minimum atomic E-state index is -0.625. The third-order valence-electron chi connectivity index (χ3n) is 5.57. The van der Waals surface area contributed by atoms with Crippen molar-refractivity contribution in [3.05, 3.63) is 29.8 Å². The van der Waals surface area contributed by atoms with Crippen LogP contribution in [0, 0.1) is 5.82 Å². The molecule has 8 nitrogen and oxygen atoms in total. The Morgan fingerprint density at radius 1 is 1.28 bits per heavy atom. The molecule has 0 aliphatic carbocycles. The van der Waals surface area contributed by atoms with Crippen LogP contribution in [0.25, 0.3) is 0 Å². The molecule has 3 amide bonds. The van der Waals surface area contributed by atoms with Crippen LogP contribution in [0.3, 0.4) is 0 Å². The SMILES string of the molecule is CN(C)C(=O)N1CCC(N(CCNC(=O)c2ncccc2F)C2CCOCC2)C1. The van der Waals surface area contributed by atoms with E-state index in [4.69, 9.17) is 4.74 Å². The van der Waals surface area contributed by atoms with Crippen molar-refractivity contribution in [3.63, 3.8) is 0 Å². The average molecular weight is 407 g/mol. The first kappa shape index (κ1) is 21.4. The van der Waals surface area contributed by atoms with Crippen molar-refractivity contribution in [3.8, 4) is 0 Å². The van der Waals surface area contributed by atoms with E-state index in [2.05, 4.69) is 15.2 Å². The number of carbonyl (C=O) groups excluding carboxylic acids is 2. The van der Waals surface area contributed by atoms with E-state index in [1.807, 2.05) is 4.90 Å². The Kier molecular flexibility index (Phi) is 7.38. The Bertz CT molecular complexity index is 711. The highest BCUT2D eigenvalue weighted by Gasteiger charge is 2.34.